The van der Waals surface area contributed by atoms with E-state index in [0.29, 0.717) is 12.1 Å². The highest BCUT2D eigenvalue weighted by atomic mass is 15.3. The van der Waals surface area contributed by atoms with Crippen LogP contribution < -0.4 is 10.2 Å². The van der Waals surface area contributed by atoms with Crippen molar-refractivity contribution in [1.82, 2.24) is 10.2 Å². The van der Waals surface area contributed by atoms with Crippen LogP contribution in [0.15, 0.2) is 24.3 Å². The highest BCUT2D eigenvalue weighted by molar-refractivity contribution is 5.48. The molecule has 1 saturated heterocycles. The first-order chi connectivity index (χ1) is 10.2. The first-order valence-corrected chi connectivity index (χ1v) is 8.48. The monoisotopic (exact) mass is 289 g/mol. The summed E-state index contributed by atoms with van der Waals surface area (Å²) >= 11 is 0. The van der Waals surface area contributed by atoms with Crippen molar-refractivity contribution in [2.24, 2.45) is 0 Å². The zero-order chi connectivity index (χ0) is 15.2. The van der Waals surface area contributed by atoms with Gasteiger partial charge in [0.2, 0.25) is 0 Å². The van der Waals surface area contributed by atoms with Crippen LogP contribution in [0.3, 0.4) is 0 Å². The molecule has 0 spiro atoms. The van der Waals surface area contributed by atoms with E-state index < -0.39 is 0 Å². The number of likely N-dealkylation sites (N-methyl/N-ethyl adjacent to an activating group) is 1. The topological polar surface area (TPSA) is 18.5 Å². The van der Waals surface area contributed by atoms with Crippen LogP contribution >= 0.6 is 0 Å². The molecular formula is C18H31N3. The summed E-state index contributed by atoms with van der Waals surface area (Å²) < 4.78 is 0. The number of rotatable bonds is 6. The van der Waals surface area contributed by atoms with Gasteiger partial charge in [0.25, 0.3) is 0 Å². The van der Waals surface area contributed by atoms with E-state index in [1.165, 1.54) is 17.7 Å². The first-order valence-electron chi connectivity index (χ1n) is 8.48. The Balaban J connectivity index is 2.05. The maximum Gasteiger partial charge on any atom is 0.0367 e. The van der Waals surface area contributed by atoms with Crippen molar-refractivity contribution in [3.8, 4) is 0 Å². The zero-order valence-corrected chi connectivity index (χ0v) is 14.1. The summed E-state index contributed by atoms with van der Waals surface area (Å²) in [5, 5.41) is 3.55. The van der Waals surface area contributed by atoms with Crippen LogP contribution in [0, 0.1) is 0 Å². The van der Waals surface area contributed by atoms with Gasteiger partial charge < -0.3 is 10.2 Å². The lowest BCUT2D eigenvalue weighted by atomic mass is 10.0. The van der Waals surface area contributed by atoms with Crippen molar-refractivity contribution in [2.75, 3.05) is 38.1 Å². The predicted molar refractivity (Wildman–Crippen MR) is 92.1 cm³/mol. The molecule has 3 heteroatoms. The van der Waals surface area contributed by atoms with E-state index in [4.69, 9.17) is 0 Å². The van der Waals surface area contributed by atoms with Crippen molar-refractivity contribution in [3.63, 3.8) is 0 Å². The molecule has 1 aromatic rings. The molecule has 1 heterocycles. The van der Waals surface area contributed by atoms with Crippen molar-refractivity contribution in [2.45, 2.75) is 45.7 Å². The lowest BCUT2D eigenvalue weighted by molar-refractivity contribution is 0.213. The number of benzene rings is 1. The van der Waals surface area contributed by atoms with Crippen molar-refractivity contribution < 1.29 is 0 Å². The van der Waals surface area contributed by atoms with Gasteiger partial charge in [0.15, 0.2) is 0 Å². The van der Waals surface area contributed by atoms with Gasteiger partial charge in [-0.2, -0.15) is 0 Å². The van der Waals surface area contributed by atoms with Gasteiger partial charge in [0, 0.05) is 37.4 Å². The van der Waals surface area contributed by atoms with Gasteiger partial charge >= 0.3 is 0 Å². The fourth-order valence-electron chi connectivity index (χ4n) is 3.28. The molecule has 0 aliphatic carbocycles. The van der Waals surface area contributed by atoms with Gasteiger partial charge in [-0.25, -0.2) is 0 Å². The summed E-state index contributed by atoms with van der Waals surface area (Å²) in [5.41, 5.74) is 2.78. The predicted octanol–water partition coefficient (Wildman–Crippen LogP) is 3.28. The number of piperazine rings is 1. The Kier molecular flexibility index (Phi) is 6.07. The van der Waals surface area contributed by atoms with Crippen molar-refractivity contribution in [1.29, 1.82) is 0 Å². The fourth-order valence-corrected chi connectivity index (χ4v) is 3.28. The number of anilines is 1. The minimum absolute atomic E-state index is 0.486. The Morgan fingerprint density at radius 1 is 1.14 bits per heavy atom. The van der Waals surface area contributed by atoms with E-state index in [1.807, 2.05) is 0 Å². The molecule has 0 aromatic heterocycles. The van der Waals surface area contributed by atoms with Crippen LogP contribution in [0.2, 0.25) is 0 Å². The second-order valence-corrected chi connectivity index (χ2v) is 6.10. The van der Waals surface area contributed by atoms with E-state index in [9.17, 15) is 0 Å². The molecular weight excluding hydrogens is 258 g/mol. The molecule has 3 nitrogen and oxygen atoms in total. The van der Waals surface area contributed by atoms with Crippen molar-refractivity contribution in [3.05, 3.63) is 29.8 Å². The average Bonchev–Trinajstić information content (AvgIpc) is 2.53. The van der Waals surface area contributed by atoms with E-state index in [-0.39, 0.29) is 0 Å². The van der Waals surface area contributed by atoms with Crippen LogP contribution in [-0.2, 0) is 0 Å². The van der Waals surface area contributed by atoms with E-state index >= 15 is 0 Å². The molecule has 1 aliphatic rings. The van der Waals surface area contributed by atoms with Crippen LogP contribution in [0.4, 0.5) is 5.69 Å². The molecule has 0 bridgehead atoms. The van der Waals surface area contributed by atoms with Gasteiger partial charge in [-0.3, -0.25) is 4.90 Å². The normalized spacial score (nSPS) is 21.5. The maximum atomic E-state index is 3.55. The summed E-state index contributed by atoms with van der Waals surface area (Å²) in [6.07, 6.45) is 2.36. The van der Waals surface area contributed by atoms with Crippen LogP contribution in [0.1, 0.15) is 45.2 Å². The zero-order valence-electron chi connectivity index (χ0n) is 14.1. The third-order valence-corrected chi connectivity index (χ3v) is 4.77. The molecule has 0 saturated carbocycles. The summed E-state index contributed by atoms with van der Waals surface area (Å²) in [5.74, 6) is 0. The molecule has 1 fully saturated rings. The van der Waals surface area contributed by atoms with Gasteiger partial charge in [-0.05, 0) is 44.1 Å². The molecule has 2 rings (SSSR count). The Hall–Kier alpha value is -1.06. The van der Waals surface area contributed by atoms with Gasteiger partial charge in [-0.1, -0.05) is 32.9 Å². The van der Waals surface area contributed by atoms with E-state index in [0.717, 1.165) is 32.6 Å². The molecule has 1 N–H and O–H groups in total. The SMILES string of the molecule is CCNC(CC)c1ccc(N2CCN(C)C(CC)C2)cc1. The Bertz CT molecular complexity index is 415. The Labute approximate surface area is 130 Å². The molecule has 2 unspecified atom stereocenters. The van der Waals surface area contributed by atoms with Gasteiger partial charge in [-0.15, -0.1) is 0 Å². The summed E-state index contributed by atoms with van der Waals surface area (Å²) in [6, 6.07) is 10.4. The van der Waals surface area contributed by atoms with Gasteiger partial charge in [0.1, 0.15) is 0 Å². The van der Waals surface area contributed by atoms with Crippen LogP contribution in [-0.4, -0.2) is 44.2 Å². The summed E-state index contributed by atoms with van der Waals surface area (Å²) in [4.78, 5) is 5.02. The number of nitrogens with one attached hydrogen (secondary N) is 1. The summed E-state index contributed by atoms with van der Waals surface area (Å²) in [6.45, 7) is 11.2. The van der Waals surface area contributed by atoms with Crippen molar-refractivity contribution >= 4 is 5.69 Å². The molecule has 2 atom stereocenters. The molecule has 0 radical (unpaired) electrons. The minimum atomic E-state index is 0.486. The largest absolute Gasteiger partial charge is 0.369 e. The average molecular weight is 289 g/mol. The fraction of sp³-hybridized carbons (Fsp3) is 0.667. The lowest BCUT2D eigenvalue weighted by Crippen LogP contribution is -2.51. The second-order valence-electron chi connectivity index (χ2n) is 6.10. The highest BCUT2D eigenvalue weighted by Crippen LogP contribution is 2.23. The maximum absolute atomic E-state index is 3.55. The van der Waals surface area contributed by atoms with Gasteiger partial charge in [0.05, 0.1) is 0 Å². The third-order valence-electron chi connectivity index (χ3n) is 4.77. The first kappa shape index (κ1) is 16.3. The van der Waals surface area contributed by atoms with Crippen LogP contribution in [0.5, 0.6) is 0 Å². The van der Waals surface area contributed by atoms with E-state index in [2.05, 4.69) is 67.2 Å². The molecule has 21 heavy (non-hydrogen) atoms. The lowest BCUT2D eigenvalue weighted by Gasteiger charge is -2.40. The Morgan fingerprint density at radius 3 is 2.43 bits per heavy atom. The number of hydrogen-bond donors (Lipinski definition) is 1. The smallest absolute Gasteiger partial charge is 0.0367 e. The standard InChI is InChI=1S/C18H31N3/c1-5-16-14-21(13-12-20(16)4)17-10-8-15(9-11-17)18(6-2)19-7-3/h8-11,16,18-19H,5-7,12-14H2,1-4H3. The summed E-state index contributed by atoms with van der Waals surface area (Å²) in [7, 11) is 2.25. The minimum Gasteiger partial charge on any atom is -0.369 e. The van der Waals surface area contributed by atoms with E-state index in [1.54, 1.807) is 0 Å². The molecule has 1 aliphatic heterocycles. The molecule has 1 aromatic carbocycles. The third kappa shape index (κ3) is 3.98. The number of hydrogen-bond acceptors (Lipinski definition) is 3. The second kappa shape index (κ2) is 7.81. The van der Waals surface area contributed by atoms with Crippen LogP contribution in [0.25, 0.3) is 0 Å². The Morgan fingerprint density at radius 2 is 1.86 bits per heavy atom. The molecule has 0 amide bonds. The number of nitrogens with zero attached hydrogens (tertiary/aromatic N) is 2. The quantitative estimate of drug-likeness (QED) is 0.867. The molecule has 118 valence electrons. The highest BCUT2D eigenvalue weighted by Gasteiger charge is 2.23.